The van der Waals surface area contributed by atoms with Crippen molar-refractivity contribution in [1.82, 2.24) is 24.6 Å². The van der Waals surface area contributed by atoms with Gasteiger partial charge in [0, 0.05) is 43.3 Å². The highest BCUT2D eigenvalue weighted by Crippen LogP contribution is 2.29. The van der Waals surface area contributed by atoms with Crippen molar-refractivity contribution >= 4 is 11.6 Å². The Morgan fingerprint density at radius 2 is 1.94 bits per heavy atom. The average Bonchev–Trinajstić information content (AvgIpc) is 3.22. The van der Waals surface area contributed by atoms with Gasteiger partial charge in [0.25, 0.3) is 0 Å². The summed E-state index contributed by atoms with van der Waals surface area (Å²) < 4.78 is 45.8. The molecule has 0 aliphatic carbocycles. The van der Waals surface area contributed by atoms with Crippen LogP contribution in [0.15, 0.2) is 42.9 Å². The minimum absolute atomic E-state index is 0.136. The minimum atomic E-state index is -4.54. The molecule has 0 saturated carbocycles. The number of hydrogen-bond donors (Lipinski definition) is 2. The van der Waals surface area contributed by atoms with E-state index in [2.05, 4.69) is 25.3 Å². The quantitative estimate of drug-likeness (QED) is 0.558. The van der Waals surface area contributed by atoms with Crippen LogP contribution in [0.3, 0.4) is 0 Å². The molecule has 0 bridgehead atoms. The number of aliphatic hydroxyl groups excluding tert-OH is 1. The van der Waals surface area contributed by atoms with E-state index in [1.807, 2.05) is 19.2 Å². The number of aromatic nitrogens is 4. The fraction of sp³-hybridized carbons (Fsp3) is 0.409. The highest BCUT2D eigenvalue weighted by molar-refractivity contribution is 5.70. The van der Waals surface area contributed by atoms with Crippen molar-refractivity contribution in [2.45, 2.75) is 25.7 Å². The van der Waals surface area contributed by atoms with Crippen molar-refractivity contribution in [1.29, 1.82) is 0 Å². The summed E-state index contributed by atoms with van der Waals surface area (Å²) in [5.41, 5.74) is 2.11. The van der Waals surface area contributed by atoms with Crippen LogP contribution in [0.2, 0.25) is 0 Å². The standard InChI is InChI=1S/C22H25F3N6O2/c1-15-8-16(10-18(9-15)28-21-26-3-2-20(29-21)22(23,24)25)17-11-27-31(12-17)14-19(32)13-30-4-6-33-7-5-30/h2-3,8-12,19,32H,4-7,13-14H2,1H3,(H,26,28,29). The van der Waals surface area contributed by atoms with Gasteiger partial charge in [0.05, 0.1) is 32.1 Å². The average molecular weight is 462 g/mol. The monoisotopic (exact) mass is 462 g/mol. The molecule has 4 rings (SSSR count). The lowest BCUT2D eigenvalue weighted by molar-refractivity contribution is -0.141. The van der Waals surface area contributed by atoms with Gasteiger partial charge < -0.3 is 15.2 Å². The van der Waals surface area contributed by atoms with Crippen LogP contribution < -0.4 is 5.32 Å². The molecule has 0 amide bonds. The minimum Gasteiger partial charge on any atom is -0.390 e. The van der Waals surface area contributed by atoms with Crippen LogP contribution in [0, 0.1) is 6.92 Å². The first-order valence-corrected chi connectivity index (χ1v) is 10.6. The van der Waals surface area contributed by atoms with E-state index >= 15 is 0 Å². The lowest BCUT2D eigenvalue weighted by Crippen LogP contribution is -2.42. The Balaban J connectivity index is 1.45. The summed E-state index contributed by atoms with van der Waals surface area (Å²) in [7, 11) is 0. The van der Waals surface area contributed by atoms with E-state index in [1.165, 1.54) is 0 Å². The van der Waals surface area contributed by atoms with Crippen molar-refractivity contribution in [2.75, 3.05) is 38.2 Å². The third kappa shape index (κ3) is 6.28. The molecule has 0 spiro atoms. The number of aryl methyl sites for hydroxylation is 1. The number of morpholine rings is 1. The van der Waals surface area contributed by atoms with E-state index in [0.29, 0.717) is 32.0 Å². The number of benzene rings is 1. The highest BCUT2D eigenvalue weighted by Gasteiger charge is 2.32. The first-order chi connectivity index (χ1) is 15.8. The third-order valence-electron chi connectivity index (χ3n) is 5.22. The molecule has 1 unspecified atom stereocenters. The third-order valence-corrected chi connectivity index (χ3v) is 5.22. The van der Waals surface area contributed by atoms with Crippen molar-refractivity contribution in [3.63, 3.8) is 0 Å². The fourth-order valence-electron chi connectivity index (χ4n) is 3.70. The van der Waals surface area contributed by atoms with Crippen LogP contribution in [0.4, 0.5) is 24.8 Å². The SMILES string of the molecule is Cc1cc(Nc2nccc(C(F)(F)F)n2)cc(-c2cnn(CC(O)CN3CCOCC3)c2)c1. The first-order valence-electron chi connectivity index (χ1n) is 10.6. The van der Waals surface area contributed by atoms with E-state index in [9.17, 15) is 18.3 Å². The van der Waals surface area contributed by atoms with Gasteiger partial charge >= 0.3 is 6.18 Å². The number of alkyl halides is 3. The van der Waals surface area contributed by atoms with Crippen LogP contribution in [0.25, 0.3) is 11.1 Å². The molecule has 1 atom stereocenters. The molecule has 3 aromatic rings. The van der Waals surface area contributed by atoms with Crippen LogP contribution >= 0.6 is 0 Å². The number of ether oxygens (including phenoxy) is 1. The van der Waals surface area contributed by atoms with Crippen molar-refractivity contribution < 1.29 is 23.0 Å². The molecule has 1 fully saturated rings. The molecule has 1 saturated heterocycles. The van der Waals surface area contributed by atoms with Crippen LogP contribution in [0.1, 0.15) is 11.3 Å². The fourth-order valence-corrected chi connectivity index (χ4v) is 3.70. The second kappa shape index (κ2) is 9.86. The topological polar surface area (TPSA) is 88.3 Å². The van der Waals surface area contributed by atoms with Gasteiger partial charge in [-0.1, -0.05) is 6.07 Å². The Hall–Kier alpha value is -3.02. The molecule has 2 aromatic heterocycles. The van der Waals surface area contributed by atoms with Gasteiger partial charge in [0.15, 0.2) is 0 Å². The number of anilines is 2. The normalized spacial score (nSPS) is 16.0. The predicted octanol–water partition coefficient (Wildman–Crippen LogP) is 3.10. The Morgan fingerprint density at radius 1 is 1.15 bits per heavy atom. The Morgan fingerprint density at radius 3 is 2.70 bits per heavy atom. The molecule has 0 radical (unpaired) electrons. The molecular weight excluding hydrogens is 437 g/mol. The number of aliphatic hydroxyl groups is 1. The van der Waals surface area contributed by atoms with Crippen molar-refractivity contribution in [3.05, 3.63) is 54.1 Å². The van der Waals surface area contributed by atoms with E-state index in [1.54, 1.807) is 23.0 Å². The number of nitrogens with zero attached hydrogens (tertiary/aromatic N) is 5. The molecule has 1 aliphatic heterocycles. The molecule has 8 nitrogen and oxygen atoms in total. The van der Waals surface area contributed by atoms with Gasteiger partial charge in [0.1, 0.15) is 5.69 Å². The van der Waals surface area contributed by atoms with Crippen LogP contribution in [-0.4, -0.2) is 68.7 Å². The summed E-state index contributed by atoms with van der Waals surface area (Å²) in [6.45, 7) is 5.74. The summed E-state index contributed by atoms with van der Waals surface area (Å²) in [6.07, 6.45) is -0.509. The molecule has 1 aliphatic rings. The van der Waals surface area contributed by atoms with Gasteiger partial charge in [-0.3, -0.25) is 9.58 Å². The lowest BCUT2D eigenvalue weighted by Gasteiger charge is -2.28. The second-order valence-corrected chi connectivity index (χ2v) is 7.99. The molecular formula is C22H25F3N6O2. The Labute approximate surface area is 189 Å². The lowest BCUT2D eigenvalue weighted by atomic mass is 10.1. The van der Waals surface area contributed by atoms with Crippen molar-refractivity contribution in [2.24, 2.45) is 0 Å². The van der Waals surface area contributed by atoms with E-state index in [-0.39, 0.29) is 5.95 Å². The van der Waals surface area contributed by atoms with Gasteiger partial charge in [-0.2, -0.15) is 18.3 Å². The maximum Gasteiger partial charge on any atom is 0.433 e. The zero-order valence-electron chi connectivity index (χ0n) is 18.1. The molecule has 2 N–H and O–H groups in total. The second-order valence-electron chi connectivity index (χ2n) is 7.99. The Kier molecular flexibility index (Phi) is 6.91. The highest BCUT2D eigenvalue weighted by atomic mass is 19.4. The number of β-amino-alcohol motifs (C(OH)–C–C–N with tert-alkyl or cyclic N) is 1. The molecule has 1 aromatic carbocycles. The zero-order valence-corrected chi connectivity index (χ0v) is 18.1. The van der Waals surface area contributed by atoms with Crippen LogP contribution in [-0.2, 0) is 17.5 Å². The largest absolute Gasteiger partial charge is 0.433 e. The molecule has 11 heteroatoms. The van der Waals surface area contributed by atoms with Gasteiger partial charge in [-0.15, -0.1) is 0 Å². The van der Waals surface area contributed by atoms with E-state index < -0.39 is 18.0 Å². The Bertz CT molecular complexity index is 1080. The summed E-state index contributed by atoms with van der Waals surface area (Å²) in [5.74, 6) is -0.136. The molecule has 33 heavy (non-hydrogen) atoms. The number of rotatable bonds is 7. The molecule has 176 valence electrons. The van der Waals surface area contributed by atoms with Gasteiger partial charge in [-0.05, 0) is 36.2 Å². The summed E-state index contributed by atoms with van der Waals surface area (Å²) in [4.78, 5) is 9.60. The maximum atomic E-state index is 12.9. The smallest absolute Gasteiger partial charge is 0.390 e. The predicted molar refractivity (Wildman–Crippen MR) is 116 cm³/mol. The summed E-state index contributed by atoms with van der Waals surface area (Å²) in [5, 5.41) is 17.6. The zero-order chi connectivity index (χ0) is 23.4. The maximum absolute atomic E-state index is 12.9. The number of hydrogen-bond acceptors (Lipinski definition) is 7. The van der Waals surface area contributed by atoms with Crippen molar-refractivity contribution in [3.8, 4) is 11.1 Å². The summed E-state index contributed by atoms with van der Waals surface area (Å²) >= 11 is 0. The number of nitrogens with one attached hydrogen (secondary N) is 1. The summed E-state index contributed by atoms with van der Waals surface area (Å²) in [6, 6.07) is 6.37. The molecule has 3 heterocycles. The van der Waals surface area contributed by atoms with Gasteiger partial charge in [0.2, 0.25) is 5.95 Å². The van der Waals surface area contributed by atoms with E-state index in [0.717, 1.165) is 42.0 Å². The van der Waals surface area contributed by atoms with Gasteiger partial charge in [-0.25, -0.2) is 9.97 Å². The first kappa shape index (κ1) is 23.1. The van der Waals surface area contributed by atoms with Crippen LogP contribution in [0.5, 0.6) is 0 Å². The number of halogens is 3. The van der Waals surface area contributed by atoms with E-state index in [4.69, 9.17) is 4.74 Å².